The topological polar surface area (TPSA) is 67.5 Å². The van der Waals surface area contributed by atoms with Gasteiger partial charge in [-0.25, -0.2) is 14.6 Å². The van der Waals surface area contributed by atoms with Crippen LogP contribution in [-0.2, 0) is 0 Å². The van der Waals surface area contributed by atoms with Gasteiger partial charge in [-0.2, -0.15) is 5.10 Å². The fourth-order valence-corrected chi connectivity index (χ4v) is 0.899. The molecule has 0 aliphatic heterocycles. The van der Waals surface area contributed by atoms with Crippen molar-refractivity contribution in [3.05, 3.63) is 35.1 Å². The Morgan fingerprint density at radius 1 is 1.67 bits per heavy atom. The van der Waals surface area contributed by atoms with Gasteiger partial charge in [0.1, 0.15) is 5.82 Å². The quantitative estimate of drug-likeness (QED) is 0.418. The van der Waals surface area contributed by atoms with Crippen molar-refractivity contribution in [3.63, 3.8) is 0 Å². The smallest absolute Gasteiger partial charge is 0.332 e. The van der Waals surface area contributed by atoms with E-state index < -0.39 is 11.8 Å². The second-order valence-electron chi connectivity index (χ2n) is 2.62. The summed E-state index contributed by atoms with van der Waals surface area (Å²) < 4.78 is 13.1. The molecule has 2 amide bonds. The highest BCUT2D eigenvalue weighted by Gasteiger charge is 1.98. The number of carbonyl (C=O) groups is 1. The highest BCUT2D eigenvalue weighted by molar-refractivity contribution is 5.81. The monoisotopic (exact) mass is 205 g/mol. The average Bonchev–Trinajstić information content (AvgIpc) is 2.17. The largest absolute Gasteiger partial charge is 0.350 e. The van der Waals surface area contributed by atoms with Crippen molar-refractivity contribution in [1.82, 2.24) is 5.43 Å². The molecule has 76 valence electrons. The first-order valence-electron chi connectivity index (χ1n) is 3.98. The van der Waals surface area contributed by atoms with E-state index in [9.17, 15) is 9.18 Å². The van der Waals surface area contributed by atoms with Crippen molar-refractivity contribution in [2.75, 3.05) is 0 Å². The van der Waals surface area contributed by atoms with Crippen LogP contribution in [0.25, 0.3) is 0 Å². The van der Waals surface area contributed by atoms with Gasteiger partial charge in [0.2, 0.25) is 0 Å². The number of rotatable bonds is 2. The van der Waals surface area contributed by atoms with E-state index in [4.69, 9.17) is 12.2 Å². The molecular weight excluding hydrogens is 197 g/mol. The van der Waals surface area contributed by atoms with Gasteiger partial charge in [-0.05, 0) is 17.7 Å². The van der Waals surface area contributed by atoms with E-state index in [1.807, 2.05) is 5.43 Å². The number of halogens is 1. The third-order valence-corrected chi connectivity index (χ3v) is 1.54. The Kier molecular flexibility index (Phi) is 3.41. The van der Waals surface area contributed by atoms with Gasteiger partial charge in [-0.15, -0.1) is 6.42 Å². The molecule has 0 bridgehead atoms. The molecule has 15 heavy (non-hydrogen) atoms. The van der Waals surface area contributed by atoms with Crippen molar-refractivity contribution < 1.29 is 9.18 Å². The summed E-state index contributed by atoms with van der Waals surface area (Å²) in [4.78, 5) is 10.3. The number of hydrogen-bond acceptors (Lipinski definition) is 2. The van der Waals surface area contributed by atoms with Gasteiger partial charge in [-0.3, -0.25) is 0 Å². The molecule has 4 nitrogen and oxygen atoms in total. The molecule has 3 N–H and O–H groups in total. The third-order valence-electron chi connectivity index (χ3n) is 1.54. The van der Waals surface area contributed by atoms with Crippen molar-refractivity contribution in [3.8, 4) is 12.3 Å². The number of carbonyl (C=O) groups excluding carboxylic acids is 1. The minimum absolute atomic E-state index is 0.176. The normalized spacial score (nSPS) is 9.87. The molecule has 0 radical (unpaired) electrons. The zero-order chi connectivity index (χ0) is 11.3. The minimum Gasteiger partial charge on any atom is -0.350 e. The number of terminal acetylenes is 1. The highest BCUT2D eigenvalue weighted by Crippen LogP contribution is 2.07. The Morgan fingerprint density at radius 2 is 2.40 bits per heavy atom. The lowest BCUT2D eigenvalue weighted by Gasteiger charge is -1.96. The fourth-order valence-electron chi connectivity index (χ4n) is 0.899. The van der Waals surface area contributed by atoms with Gasteiger partial charge < -0.3 is 5.73 Å². The maximum atomic E-state index is 13.1. The molecule has 1 aromatic rings. The number of amides is 2. The standard InChI is InChI=1S/C10H8FN3O/c1-2-8-4-3-7(5-9(8)11)6-13-14-10(12)15/h1,3-6H,(H3,12,14,15). The molecular formula is C10H8FN3O. The molecule has 0 fully saturated rings. The Hall–Kier alpha value is -2.35. The number of primary amides is 1. The maximum Gasteiger partial charge on any atom is 0.332 e. The number of nitrogens with one attached hydrogen (secondary N) is 1. The van der Waals surface area contributed by atoms with Gasteiger partial charge in [0.15, 0.2) is 0 Å². The van der Waals surface area contributed by atoms with E-state index in [2.05, 4.69) is 11.0 Å². The molecule has 0 unspecified atom stereocenters. The van der Waals surface area contributed by atoms with Gasteiger partial charge >= 0.3 is 6.03 Å². The van der Waals surface area contributed by atoms with Gasteiger partial charge in [0.05, 0.1) is 11.8 Å². The lowest BCUT2D eigenvalue weighted by Crippen LogP contribution is -2.24. The first-order chi connectivity index (χ1) is 7.13. The van der Waals surface area contributed by atoms with Crippen molar-refractivity contribution in [2.24, 2.45) is 10.8 Å². The van der Waals surface area contributed by atoms with Crippen LogP contribution in [0.5, 0.6) is 0 Å². The molecule has 0 atom stereocenters. The van der Waals surface area contributed by atoms with Crippen molar-refractivity contribution in [2.45, 2.75) is 0 Å². The summed E-state index contributed by atoms with van der Waals surface area (Å²) in [6.45, 7) is 0. The number of hydrazone groups is 1. The van der Waals surface area contributed by atoms with Gasteiger partial charge in [0.25, 0.3) is 0 Å². The molecule has 0 spiro atoms. The molecule has 1 aromatic carbocycles. The first-order valence-corrected chi connectivity index (χ1v) is 3.98. The number of hydrogen-bond donors (Lipinski definition) is 2. The highest BCUT2D eigenvalue weighted by atomic mass is 19.1. The van der Waals surface area contributed by atoms with E-state index in [-0.39, 0.29) is 5.56 Å². The molecule has 0 saturated carbocycles. The molecule has 5 heteroatoms. The SMILES string of the molecule is C#Cc1ccc(C=NNC(N)=O)cc1F. The van der Waals surface area contributed by atoms with E-state index in [1.165, 1.54) is 18.3 Å². The van der Waals surface area contributed by atoms with E-state index in [0.29, 0.717) is 5.56 Å². The zero-order valence-corrected chi connectivity index (χ0v) is 7.70. The van der Waals surface area contributed by atoms with Crippen LogP contribution in [0.4, 0.5) is 9.18 Å². The average molecular weight is 205 g/mol. The number of benzene rings is 1. The minimum atomic E-state index is -0.785. The lowest BCUT2D eigenvalue weighted by molar-refractivity contribution is 0.249. The Morgan fingerprint density at radius 3 is 2.93 bits per heavy atom. The second-order valence-corrected chi connectivity index (χ2v) is 2.62. The molecule has 0 heterocycles. The summed E-state index contributed by atoms with van der Waals surface area (Å²) in [7, 11) is 0. The lowest BCUT2D eigenvalue weighted by atomic mass is 10.1. The number of nitrogens with two attached hydrogens (primary N) is 1. The van der Waals surface area contributed by atoms with Crippen LogP contribution in [0, 0.1) is 18.2 Å². The van der Waals surface area contributed by atoms with Crippen LogP contribution < -0.4 is 11.2 Å². The van der Waals surface area contributed by atoms with Crippen LogP contribution >= 0.6 is 0 Å². The maximum absolute atomic E-state index is 13.1. The number of nitrogens with zero attached hydrogens (tertiary/aromatic N) is 1. The number of urea groups is 1. The summed E-state index contributed by atoms with van der Waals surface area (Å²) >= 11 is 0. The van der Waals surface area contributed by atoms with E-state index in [0.717, 1.165) is 0 Å². The summed E-state index contributed by atoms with van der Waals surface area (Å²) in [5.74, 6) is 1.67. The fraction of sp³-hybridized carbons (Fsp3) is 0. The molecule has 0 aliphatic rings. The zero-order valence-electron chi connectivity index (χ0n) is 7.70. The molecule has 0 saturated heterocycles. The Labute approximate surface area is 86.0 Å². The van der Waals surface area contributed by atoms with Crippen LogP contribution in [-0.4, -0.2) is 12.2 Å². The van der Waals surface area contributed by atoms with Crippen LogP contribution in [0.15, 0.2) is 23.3 Å². The van der Waals surface area contributed by atoms with E-state index in [1.54, 1.807) is 6.07 Å². The third kappa shape index (κ3) is 3.12. The summed E-state index contributed by atoms with van der Waals surface area (Å²) in [6, 6.07) is 3.44. The summed E-state index contributed by atoms with van der Waals surface area (Å²) in [5.41, 5.74) is 7.40. The Bertz CT molecular complexity index is 448. The van der Waals surface area contributed by atoms with Crippen LogP contribution in [0.1, 0.15) is 11.1 Å². The predicted molar refractivity (Wildman–Crippen MR) is 54.6 cm³/mol. The molecule has 0 aliphatic carbocycles. The second kappa shape index (κ2) is 4.77. The molecule has 1 rings (SSSR count). The van der Waals surface area contributed by atoms with E-state index >= 15 is 0 Å². The Balaban J connectivity index is 2.81. The summed E-state index contributed by atoms with van der Waals surface area (Å²) in [6.07, 6.45) is 6.30. The van der Waals surface area contributed by atoms with Gasteiger partial charge in [0, 0.05) is 0 Å². The first kappa shape index (κ1) is 10.7. The summed E-state index contributed by atoms with van der Waals surface area (Å²) in [5, 5.41) is 3.47. The van der Waals surface area contributed by atoms with Gasteiger partial charge in [-0.1, -0.05) is 12.0 Å². The predicted octanol–water partition coefficient (Wildman–Crippen LogP) is 0.809. The van der Waals surface area contributed by atoms with Crippen molar-refractivity contribution in [1.29, 1.82) is 0 Å². The van der Waals surface area contributed by atoms with Crippen LogP contribution in [0.3, 0.4) is 0 Å². The molecule has 0 aromatic heterocycles. The van der Waals surface area contributed by atoms with Crippen LogP contribution in [0.2, 0.25) is 0 Å². The van der Waals surface area contributed by atoms with Crippen molar-refractivity contribution >= 4 is 12.2 Å².